The van der Waals surface area contributed by atoms with Crippen molar-refractivity contribution in [1.82, 2.24) is 5.32 Å². The fourth-order valence-corrected chi connectivity index (χ4v) is 1.26. The molecule has 5 nitrogen and oxygen atoms in total. The van der Waals surface area contributed by atoms with Crippen molar-refractivity contribution in [3.8, 4) is 0 Å². The summed E-state index contributed by atoms with van der Waals surface area (Å²) in [5.74, 6) is -1.13. The molecular formula is C11H11ClN2O3. The third-order valence-corrected chi connectivity index (χ3v) is 2.37. The van der Waals surface area contributed by atoms with Crippen LogP contribution in [0.5, 0.6) is 0 Å². The first-order valence-electron chi connectivity index (χ1n) is 4.73. The molecule has 0 aliphatic carbocycles. The lowest BCUT2D eigenvalue weighted by Crippen LogP contribution is -2.24. The molecule has 0 bridgehead atoms. The average Bonchev–Trinajstić information content (AvgIpc) is 2.24. The second kappa shape index (κ2) is 5.91. The molecule has 0 atom stereocenters. The SMILES string of the molecule is Cc1c(Cl)cccc1NC(=O)N/C=C/C(=O)O. The van der Waals surface area contributed by atoms with Crippen LogP contribution < -0.4 is 10.6 Å². The zero-order chi connectivity index (χ0) is 12.8. The number of nitrogens with one attached hydrogen (secondary N) is 2. The second-order valence-corrected chi connectivity index (χ2v) is 3.59. The fourth-order valence-electron chi connectivity index (χ4n) is 1.09. The number of aliphatic carboxylic acids is 1. The fraction of sp³-hybridized carbons (Fsp3) is 0.0909. The number of hydrogen-bond acceptors (Lipinski definition) is 2. The van der Waals surface area contributed by atoms with Crippen LogP contribution in [0.15, 0.2) is 30.5 Å². The average molecular weight is 255 g/mol. The zero-order valence-electron chi connectivity index (χ0n) is 9.03. The summed E-state index contributed by atoms with van der Waals surface area (Å²) in [5.41, 5.74) is 1.31. The van der Waals surface area contributed by atoms with E-state index in [1.165, 1.54) is 0 Å². The maximum atomic E-state index is 11.3. The molecule has 0 fully saturated rings. The van der Waals surface area contributed by atoms with Gasteiger partial charge in [-0.2, -0.15) is 0 Å². The number of carbonyl (C=O) groups excluding carboxylic acids is 1. The molecule has 0 unspecified atom stereocenters. The van der Waals surface area contributed by atoms with E-state index < -0.39 is 12.0 Å². The van der Waals surface area contributed by atoms with Crippen LogP contribution in [0.3, 0.4) is 0 Å². The molecule has 0 saturated carbocycles. The van der Waals surface area contributed by atoms with Gasteiger partial charge in [-0.25, -0.2) is 9.59 Å². The number of amides is 2. The number of halogens is 1. The Labute approximate surface area is 103 Å². The number of hydrogen-bond donors (Lipinski definition) is 3. The van der Waals surface area contributed by atoms with Crippen molar-refractivity contribution >= 4 is 29.3 Å². The summed E-state index contributed by atoms with van der Waals surface area (Å²) >= 11 is 5.88. The Kier molecular flexibility index (Phi) is 4.54. The molecule has 90 valence electrons. The zero-order valence-corrected chi connectivity index (χ0v) is 9.78. The van der Waals surface area contributed by atoms with E-state index in [0.29, 0.717) is 10.7 Å². The predicted octanol–water partition coefficient (Wildman–Crippen LogP) is 2.37. The van der Waals surface area contributed by atoms with Crippen molar-refractivity contribution in [2.24, 2.45) is 0 Å². The van der Waals surface area contributed by atoms with E-state index in [0.717, 1.165) is 17.8 Å². The number of carboxylic acid groups (broad SMARTS) is 1. The van der Waals surface area contributed by atoms with Crippen LogP contribution in [-0.4, -0.2) is 17.1 Å². The Balaban J connectivity index is 2.62. The molecule has 17 heavy (non-hydrogen) atoms. The lowest BCUT2D eigenvalue weighted by atomic mass is 10.2. The summed E-state index contributed by atoms with van der Waals surface area (Å²) < 4.78 is 0. The monoisotopic (exact) mass is 254 g/mol. The molecule has 1 aromatic carbocycles. The highest BCUT2D eigenvalue weighted by Gasteiger charge is 2.04. The molecule has 3 N–H and O–H groups in total. The Morgan fingerprint density at radius 2 is 2.12 bits per heavy atom. The lowest BCUT2D eigenvalue weighted by molar-refractivity contribution is -0.131. The predicted molar refractivity (Wildman–Crippen MR) is 65.1 cm³/mol. The first-order chi connectivity index (χ1) is 8.00. The lowest BCUT2D eigenvalue weighted by Gasteiger charge is -2.08. The quantitative estimate of drug-likeness (QED) is 0.725. The van der Waals surface area contributed by atoms with E-state index in [1.54, 1.807) is 25.1 Å². The van der Waals surface area contributed by atoms with E-state index in [-0.39, 0.29) is 0 Å². The van der Waals surface area contributed by atoms with Gasteiger partial charge in [0.05, 0.1) is 0 Å². The van der Waals surface area contributed by atoms with Crippen molar-refractivity contribution in [3.05, 3.63) is 41.1 Å². The minimum absolute atomic E-state index is 0.534. The summed E-state index contributed by atoms with van der Waals surface area (Å²) in [6, 6.07) is 4.58. The van der Waals surface area contributed by atoms with Gasteiger partial charge in [0.25, 0.3) is 0 Å². The van der Waals surface area contributed by atoms with E-state index in [1.807, 2.05) is 0 Å². The van der Waals surface area contributed by atoms with Gasteiger partial charge >= 0.3 is 12.0 Å². The maximum Gasteiger partial charge on any atom is 0.329 e. The molecule has 0 aliphatic rings. The van der Waals surface area contributed by atoms with Gasteiger partial charge in [-0.05, 0) is 24.6 Å². The first-order valence-corrected chi connectivity index (χ1v) is 5.10. The molecule has 0 spiro atoms. The van der Waals surface area contributed by atoms with E-state index in [9.17, 15) is 9.59 Å². The van der Waals surface area contributed by atoms with Gasteiger partial charge in [-0.15, -0.1) is 0 Å². The molecule has 0 aliphatic heterocycles. The summed E-state index contributed by atoms with van der Waals surface area (Å²) in [6.45, 7) is 1.77. The molecular weight excluding hydrogens is 244 g/mol. The standard InChI is InChI=1S/C11H11ClN2O3/c1-7-8(12)3-2-4-9(7)14-11(17)13-6-5-10(15)16/h2-6H,1H3,(H,15,16)(H2,13,14,17)/b6-5+. The van der Waals surface area contributed by atoms with Crippen LogP contribution >= 0.6 is 11.6 Å². The minimum Gasteiger partial charge on any atom is -0.478 e. The number of carbonyl (C=O) groups is 2. The Bertz CT molecular complexity index is 472. The Morgan fingerprint density at radius 3 is 2.76 bits per heavy atom. The van der Waals surface area contributed by atoms with Crippen LogP contribution in [0.25, 0.3) is 0 Å². The highest BCUT2D eigenvalue weighted by Crippen LogP contribution is 2.22. The molecule has 1 aromatic rings. The largest absolute Gasteiger partial charge is 0.478 e. The van der Waals surface area contributed by atoms with Crippen molar-refractivity contribution in [3.63, 3.8) is 0 Å². The number of urea groups is 1. The number of carboxylic acids is 1. The van der Waals surface area contributed by atoms with Crippen LogP contribution in [-0.2, 0) is 4.79 Å². The third kappa shape index (κ3) is 4.16. The summed E-state index contributed by atoms with van der Waals surface area (Å²) in [7, 11) is 0. The summed E-state index contributed by atoms with van der Waals surface area (Å²) in [5, 5.41) is 13.7. The third-order valence-electron chi connectivity index (χ3n) is 1.96. The maximum absolute atomic E-state index is 11.3. The van der Waals surface area contributed by atoms with Gasteiger partial charge in [0, 0.05) is 23.0 Å². The normalized spacial score (nSPS) is 10.2. The summed E-state index contributed by atoms with van der Waals surface area (Å²) in [4.78, 5) is 21.5. The van der Waals surface area contributed by atoms with Crippen molar-refractivity contribution in [1.29, 1.82) is 0 Å². The summed E-state index contributed by atoms with van der Waals surface area (Å²) in [6.07, 6.45) is 1.86. The van der Waals surface area contributed by atoms with Crippen LogP contribution in [0.1, 0.15) is 5.56 Å². The number of benzene rings is 1. The van der Waals surface area contributed by atoms with Gasteiger partial charge in [0.15, 0.2) is 0 Å². The molecule has 0 saturated heterocycles. The molecule has 0 aromatic heterocycles. The second-order valence-electron chi connectivity index (χ2n) is 3.18. The van der Waals surface area contributed by atoms with Gasteiger partial charge in [-0.1, -0.05) is 17.7 Å². The van der Waals surface area contributed by atoms with Gasteiger partial charge in [-0.3, -0.25) is 0 Å². The molecule has 6 heteroatoms. The first kappa shape index (κ1) is 13.1. The Hall–Kier alpha value is -2.01. The topological polar surface area (TPSA) is 78.4 Å². The van der Waals surface area contributed by atoms with Crippen molar-refractivity contribution in [2.75, 3.05) is 5.32 Å². The van der Waals surface area contributed by atoms with Crippen LogP contribution in [0.2, 0.25) is 5.02 Å². The van der Waals surface area contributed by atoms with Gasteiger partial charge < -0.3 is 15.7 Å². The van der Waals surface area contributed by atoms with Crippen molar-refractivity contribution < 1.29 is 14.7 Å². The Morgan fingerprint density at radius 1 is 1.41 bits per heavy atom. The van der Waals surface area contributed by atoms with E-state index in [4.69, 9.17) is 16.7 Å². The smallest absolute Gasteiger partial charge is 0.329 e. The highest BCUT2D eigenvalue weighted by molar-refractivity contribution is 6.31. The minimum atomic E-state index is -1.13. The van der Waals surface area contributed by atoms with Crippen LogP contribution in [0, 0.1) is 6.92 Å². The number of anilines is 1. The van der Waals surface area contributed by atoms with E-state index in [2.05, 4.69) is 10.6 Å². The van der Waals surface area contributed by atoms with Crippen LogP contribution in [0.4, 0.5) is 10.5 Å². The molecule has 1 rings (SSSR count). The molecule has 0 heterocycles. The molecule has 2 amide bonds. The van der Waals surface area contributed by atoms with Gasteiger partial charge in [0.2, 0.25) is 0 Å². The van der Waals surface area contributed by atoms with Crippen molar-refractivity contribution in [2.45, 2.75) is 6.92 Å². The van der Waals surface area contributed by atoms with E-state index >= 15 is 0 Å². The molecule has 0 radical (unpaired) electrons. The highest BCUT2D eigenvalue weighted by atomic mass is 35.5. The van der Waals surface area contributed by atoms with Gasteiger partial charge in [0.1, 0.15) is 0 Å². The number of rotatable bonds is 3.